The van der Waals surface area contributed by atoms with Gasteiger partial charge in [-0.15, -0.1) is 12.4 Å². The smallest absolute Gasteiger partial charge is 0.310 e. The van der Waals surface area contributed by atoms with Crippen LogP contribution in [-0.2, 0) is 6.18 Å². The van der Waals surface area contributed by atoms with Gasteiger partial charge < -0.3 is 5.32 Å². The summed E-state index contributed by atoms with van der Waals surface area (Å²) in [5, 5.41) is 2.78. The molecule has 6 heteroatoms. The molecule has 0 saturated carbocycles. The van der Waals surface area contributed by atoms with Crippen LogP contribution in [0, 0.1) is 5.82 Å². The van der Waals surface area contributed by atoms with Gasteiger partial charge in [-0.3, -0.25) is 0 Å². The first-order chi connectivity index (χ1) is 7.00. The largest absolute Gasteiger partial charge is 0.416 e. The van der Waals surface area contributed by atoms with Crippen molar-refractivity contribution in [3.8, 4) is 0 Å². The highest BCUT2D eigenvalue weighted by atomic mass is 35.5. The lowest BCUT2D eigenvalue weighted by molar-refractivity contribution is -0.138. The van der Waals surface area contributed by atoms with Crippen LogP contribution in [0.25, 0.3) is 0 Å². The van der Waals surface area contributed by atoms with Crippen LogP contribution in [0.15, 0.2) is 18.2 Å². The number of alkyl halides is 3. The van der Waals surface area contributed by atoms with Gasteiger partial charge in [-0.25, -0.2) is 4.39 Å². The molecule has 0 radical (unpaired) electrons. The van der Waals surface area contributed by atoms with E-state index in [0.717, 1.165) is 18.2 Å². The normalized spacial score (nSPS) is 19.9. The minimum Gasteiger partial charge on any atom is -0.310 e. The highest BCUT2D eigenvalue weighted by molar-refractivity contribution is 5.85. The van der Waals surface area contributed by atoms with Gasteiger partial charge in [0.15, 0.2) is 0 Å². The maximum atomic E-state index is 13.3. The van der Waals surface area contributed by atoms with Crippen molar-refractivity contribution < 1.29 is 17.6 Å². The number of halogens is 5. The average Bonchev–Trinajstić information content (AvgIpc) is 2.03. The van der Waals surface area contributed by atoms with Crippen LogP contribution in [0.2, 0.25) is 0 Å². The van der Waals surface area contributed by atoms with Crippen LogP contribution < -0.4 is 5.32 Å². The molecule has 1 N–H and O–H groups in total. The second kappa shape index (κ2) is 4.59. The third-order valence-corrected chi connectivity index (χ3v) is 2.53. The molecule has 90 valence electrons. The molecule has 0 bridgehead atoms. The fraction of sp³-hybridized carbons (Fsp3) is 0.400. The predicted octanol–water partition coefficient (Wildman–Crippen LogP) is 3.30. The lowest BCUT2D eigenvalue weighted by Gasteiger charge is -2.30. The van der Waals surface area contributed by atoms with E-state index < -0.39 is 23.6 Å². The van der Waals surface area contributed by atoms with Crippen LogP contribution in [0.3, 0.4) is 0 Å². The highest BCUT2D eigenvalue weighted by Crippen LogP contribution is 2.38. The lowest BCUT2D eigenvalue weighted by atomic mass is 9.92. The third kappa shape index (κ3) is 2.30. The Hall–Kier alpha value is -0.810. The first-order valence-corrected chi connectivity index (χ1v) is 4.59. The molecule has 1 saturated heterocycles. The summed E-state index contributed by atoms with van der Waals surface area (Å²) < 4.78 is 51.0. The molecule has 0 spiro atoms. The number of benzene rings is 1. The monoisotopic (exact) mass is 255 g/mol. The summed E-state index contributed by atoms with van der Waals surface area (Å²) in [4.78, 5) is 0. The highest BCUT2D eigenvalue weighted by Gasteiger charge is 2.37. The summed E-state index contributed by atoms with van der Waals surface area (Å²) in [6.45, 7) is 0.635. The van der Waals surface area contributed by atoms with E-state index in [1.165, 1.54) is 0 Å². The van der Waals surface area contributed by atoms with Gasteiger partial charge in [0.25, 0.3) is 0 Å². The van der Waals surface area contributed by atoms with Crippen molar-refractivity contribution in [3.63, 3.8) is 0 Å². The van der Waals surface area contributed by atoms with Gasteiger partial charge in [-0.1, -0.05) is 6.07 Å². The topological polar surface area (TPSA) is 12.0 Å². The Morgan fingerprint density at radius 3 is 2.31 bits per heavy atom. The average molecular weight is 256 g/mol. The Kier molecular flexibility index (Phi) is 3.80. The Bertz CT molecular complexity index is 374. The van der Waals surface area contributed by atoms with Gasteiger partial charge in [-0.05, 0) is 25.1 Å². The molecule has 1 fully saturated rings. The summed E-state index contributed by atoms with van der Waals surface area (Å²) in [6.07, 6.45) is -3.95. The van der Waals surface area contributed by atoms with E-state index in [9.17, 15) is 17.6 Å². The molecule has 0 aliphatic carbocycles. The zero-order valence-electron chi connectivity index (χ0n) is 8.14. The van der Waals surface area contributed by atoms with Crippen molar-refractivity contribution >= 4 is 12.4 Å². The van der Waals surface area contributed by atoms with Gasteiger partial charge in [0.1, 0.15) is 5.82 Å². The van der Waals surface area contributed by atoms with E-state index in [2.05, 4.69) is 5.32 Å². The third-order valence-electron chi connectivity index (χ3n) is 2.53. The molecule has 2 rings (SSSR count). The molecule has 0 unspecified atom stereocenters. The molecule has 1 aromatic rings. The second-order valence-corrected chi connectivity index (χ2v) is 3.49. The van der Waals surface area contributed by atoms with Crippen LogP contribution >= 0.6 is 12.4 Å². The van der Waals surface area contributed by atoms with Gasteiger partial charge in [0, 0.05) is 11.6 Å². The fourth-order valence-electron chi connectivity index (χ4n) is 1.67. The first-order valence-electron chi connectivity index (χ1n) is 4.59. The minimum atomic E-state index is -4.49. The fourth-order valence-corrected chi connectivity index (χ4v) is 1.67. The summed E-state index contributed by atoms with van der Waals surface area (Å²) in [7, 11) is 0. The predicted molar refractivity (Wildman–Crippen MR) is 54.0 cm³/mol. The standard InChI is InChI=1S/C10H9F4N.ClH/c11-7-3-1-2-6(10(12,13)14)9(7)8-4-5-15-8;/h1-3,8,15H,4-5H2;1H/t8-;/m0./s1. The van der Waals surface area contributed by atoms with Gasteiger partial charge >= 0.3 is 6.18 Å². The quantitative estimate of drug-likeness (QED) is 0.760. The maximum absolute atomic E-state index is 13.3. The van der Waals surface area contributed by atoms with E-state index in [1.807, 2.05) is 0 Å². The molecule has 1 nitrogen and oxygen atoms in total. The molecule has 1 aromatic carbocycles. The van der Waals surface area contributed by atoms with E-state index in [0.29, 0.717) is 13.0 Å². The zero-order chi connectivity index (χ0) is 11.1. The molecule has 1 aliphatic heterocycles. The SMILES string of the molecule is Cl.Fc1cccc(C(F)(F)F)c1[C@@H]1CCN1. The van der Waals surface area contributed by atoms with Crippen molar-refractivity contribution in [1.82, 2.24) is 5.32 Å². The van der Waals surface area contributed by atoms with Crippen LogP contribution in [0.1, 0.15) is 23.6 Å². The van der Waals surface area contributed by atoms with Crippen molar-refractivity contribution in [2.75, 3.05) is 6.54 Å². The maximum Gasteiger partial charge on any atom is 0.416 e. The minimum absolute atomic E-state index is 0. The molecular formula is C10H10ClF4N. The van der Waals surface area contributed by atoms with Gasteiger partial charge in [0.2, 0.25) is 0 Å². The Balaban J connectivity index is 0.00000128. The van der Waals surface area contributed by atoms with Crippen molar-refractivity contribution in [2.24, 2.45) is 0 Å². The molecule has 1 atom stereocenters. The van der Waals surface area contributed by atoms with Crippen molar-refractivity contribution in [2.45, 2.75) is 18.6 Å². The summed E-state index contributed by atoms with van der Waals surface area (Å²) in [5.41, 5.74) is -1.13. The van der Waals surface area contributed by atoms with Crippen LogP contribution in [0.4, 0.5) is 17.6 Å². The molecular weight excluding hydrogens is 246 g/mol. The van der Waals surface area contributed by atoms with Crippen molar-refractivity contribution in [3.05, 3.63) is 35.1 Å². The number of rotatable bonds is 1. The van der Waals surface area contributed by atoms with Crippen LogP contribution in [-0.4, -0.2) is 6.54 Å². The summed E-state index contributed by atoms with van der Waals surface area (Å²) in [5.74, 6) is -0.790. The summed E-state index contributed by atoms with van der Waals surface area (Å²) in [6, 6.07) is 2.56. The second-order valence-electron chi connectivity index (χ2n) is 3.49. The molecule has 0 amide bonds. The Morgan fingerprint density at radius 1 is 1.25 bits per heavy atom. The zero-order valence-corrected chi connectivity index (χ0v) is 8.96. The molecule has 1 heterocycles. The van der Waals surface area contributed by atoms with E-state index in [-0.39, 0.29) is 18.0 Å². The van der Waals surface area contributed by atoms with Crippen molar-refractivity contribution in [1.29, 1.82) is 0 Å². The lowest BCUT2D eigenvalue weighted by Crippen LogP contribution is -2.37. The number of nitrogens with one attached hydrogen (secondary N) is 1. The van der Waals surface area contributed by atoms with E-state index in [1.54, 1.807) is 0 Å². The van der Waals surface area contributed by atoms with Crippen LogP contribution in [0.5, 0.6) is 0 Å². The molecule has 16 heavy (non-hydrogen) atoms. The number of hydrogen-bond acceptors (Lipinski definition) is 1. The summed E-state index contributed by atoms with van der Waals surface area (Å²) >= 11 is 0. The van der Waals surface area contributed by atoms with Gasteiger partial charge in [0.05, 0.1) is 5.56 Å². The Morgan fingerprint density at radius 2 is 1.88 bits per heavy atom. The van der Waals surface area contributed by atoms with Gasteiger partial charge in [-0.2, -0.15) is 13.2 Å². The number of hydrogen-bond donors (Lipinski definition) is 1. The molecule has 0 aromatic heterocycles. The Labute approximate surface area is 96.3 Å². The van der Waals surface area contributed by atoms with E-state index >= 15 is 0 Å². The first kappa shape index (κ1) is 13.3. The van der Waals surface area contributed by atoms with E-state index in [4.69, 9.17) is 0 Å². The molecule has 1 aliphatic rings.